The van der Waals surface area contributed by atoms with Gasteiger partial charge in [0.25, 0.3) is 0 Å². The molecule has 0 unspecified atom stereocenters. The quantitative estimate of drug-likeness (QED) is 0.711. The van der Waals surface area contributed by atoms with Crippen LogP contribution in [0.4, 0.5) is 0 Å². The minimum Gasteiger partial charge on any atom is -0.292 e. The first kappa shape index (κ1) is 16.0. The summed E-state index contributed by atoms with van der Waals surface area (Å²) in [4.78, 5) is 7.07. The van der Waals surface area contributed by atoms with Crippen LogP contribution in [0.1, 0.15) is 51.8 Å². The molecule has 1 aliphatic carbocycles. The maximum Gasteiger partial charge on any atom is 0.141 e. The molecule has 0 atom stereocenters. The Morgan fingerprint density at radius 3 is 2.75 bits per heavy atom. The number of nitrogens with zero attached hydrogens (tertiary/aromatic N) is 4. The molecule has 1 aromatic rings. The van der Waals surface area contributed by atoms with Crippen LogP contribution in [-0.4, -0.2) is 37.6 Å². The predicted molar refractivity (Wildman–Crippen MR) is 85.9 cm³/mol. The van der Waals surface area contributed by atoms with E-state index in [0.29, 0.717) is 5.92 Å². The maximum atomic E-state index is 4.48. The summed E-state index contributed by atoms with van der Waals surface area (Å²) in [6.45, 7) is 7.44. The number of hydrogen-bond donors (Lipinski definition) is 0. The molecular formula is C15H27BrN4. The highest BCUT2D eigenvalue weighted by Gasteiger charge is 2.22. The van der Waals surface area contributed by atoms with Crippen molar-refractivity contribution in [3.8, 4) is 0 Å². The Bertz CT molecular complexity index is 385. The van der Waals surface area contributed by atoms with Crippen LogP contribution in [0, 0.1) is 5.92 Å². The van der Waals surface area contributed by atoms with Crippen molar-refractivity contribution in [3.63, 3.8) is 0 Å². The van der Waals surface area contributed by atoms with Gasteiger partial charge in [0.1, 0.15) is 12.2 Å². The summed E-state index contributed by atoms with van der Waals surface area (Å²) in [6, 6.07) is 0.727. The topological polar surface area (TPSA) is 34.0 Å². The molecular weight excluding hydrogens is 316 g/mol. The Labute approximate surface area is 131 Å². The van der Waals surface area contributed by atoms with Gasteiger partial charge in [0.2, 0.25) is 0 Å². The zero-order valence-corrected chi connectivity index (χ0v) is 14.3. The lowest BCUT2D eigenvalue weighted by molar-refractivity contribution is 0.151. The van der Waals surface area contributed by atoms with E-state index < -0.39 is 0 Å². The molecule has 0 spiro atoms. The molecule has 1 aliphatic rings. The monoisotopic (exact) mass is 342 g/mol. The number of halogens is 1. The summed E-state index contributed by atoms with van der Waals surface area (Å²) in [7, 11) is 0. The highest BCUT2D eigenvalue weighted by molar-refractivity contribution is 9.09. The van der Waals surface area contributed by atoms with Gasteiger partial charge in [0.15, 0.2) is 0 Å². The Hall–Kier alpha value is -0.420. The first-order valence-electron chi connectivity index (χ1n) is 7.87. The van der Waals surface area contributed by atoms with Gasteiger partial charge in [-0.25, -0.2) is 9.67 Å². The van der Waals surface area contributed by atoms with E-state index in [9.17, 15) is 0 Å². The van der Waals surface area contributed by atoms with Crippen LogP contribution in [0.15, 0.2) is 6.33 Å². The number of alkyl halides is 1. The van der Waals surface area contributed by atoms with E-state index in [4.69, 9.17) is 0 Å². The van der Waals surface area contributed by atoms with Crippen LogP contribution >= 0.6 is 15.9 Å². The van der Waals surface area contributed by atoms with Crippen LogP contribution in [0.2, 0.25) is 0 Å². The van der Waals surface area contributed by atoms with E-state index in [1.807, 2.05) is 0 Å². The van der Waals surface area contributed by atoms with Crippen LogP contribution in [0.3, 0.4) is 0 Å². The lowest BCUT2D eigenvalue weighted by Crippen LogP contribution is -2.38. The molecule has 1 heterocycles. The summed E-state index contributed by atoms with van der Waals surface area (Å²) in [5.41, 5.74) is 0. The molecule has 0 radical (unpaired) electrons. The minimum atomic E-state index is 0.606. The van der Waals surface area contributed by atoms with Crippen molar-refractivity contribution in [2.45, 2.75) is 65.1 Å². The molecule has 2 rings (SSSR count). The van der Waals surface area contributed by atoms with Gasteiger partial charge in [-0.3, -0.25) is 4.90 Å². The van der Waals surface area contributed by atoms with Crippen molar-refractivity contribution >= 4 is 15.9 Å². The van der Waals surface area contributed by atoms with Gasteiger partial charge in [0.05, 0.1) is 6.54 Å². The van der Waals surface area contributed by atoms with Crippen molar-refractivity contribution in [1.82, 2.24) is 19.7 Å². The number of hydrogen-bond acceptors (Lipinski definition) is 3. The second-order valence-corrected chi connectivity index (χ2v) is 7.00. The summed E-state index contributed by atoms with van der Waals surface area (Å²) >= 11 is 3.60. The van der Waals surface area contributed by atoms with Crippen molar-refractivity contribution < 1.29 is 0 Å². The highest BCUT2D eigenvalue weighted by atomic mass is 79.9. The molecule has 1 saturated carbocycles. The second kappa shape index (κ2) is 8.13. The summed E-state index contributed by atoms with van der Waals surface area (Å²) in [5.74, 6) is 1.72. The molecule has 20 heavy (non-hydrogen) atoms. The van der Waals surface area contributed by atoms with E-state index in [-0.39, 0.29) is 0 Å². The Balaban J connectivity index is 2.01. The fraction of sp³-hybridized carbons (Fsp3) is 0.867. The normalized spacial score (nSPS) is 17.2. The summed E-state index contributed by atoms with van der Waals surface area (Å²) in [5, 5.41) is 5.41. The third-order valence-corrected chi connectivity index (χ3v) is 4.40. The van der Waals surface area contributed by atoms with Gasteiger partial charge in [-0.05, 0) is 18.8 Å². The van der Waals surface area contributed by atoms with Crippen LogP contribution < -0.4 is 0 Å². The first-order valence-corrected chi connectivity index (χ1v) is 8.99. The zero-order chi connectivity index (χ0) is 14.4. The van der Waals surface area contributed by atoms with Gasteiger partial charge < -0.3 is 0 Å². The van der Waals surface area contributed by atoms with Crippen LogP contribution in [0.25, 0.3) is 0 Å². The van der Waals surface area contributed by atoms with Crippen molar-refractivity contribution in [1.29, 1.82) is 0 Å². The molecule has 1 fully saturated rings. The molecule has 4 nitrogen and oxygen atoms in total. The van der Waals surface area contributed by atoms with E-state index in [1.54, 1.807) is 6.33 Å². The lowest BCUT2D eigenvalue weighted by Gasteiger charge is -2.33. The third-order valence-electron chi connectivity index (χ3n) is 4.04. The Morgan fingerprint density at radius 1 is 1.35 bits per heavy atom. The second-order valence-electron chi connectivity index (χ2n) is 6.20. The summed E-state index contributed by atoms with van der Waals surface area (Å²) in [6.07, 6.45) is 8.54. The minimum absolute atomic E-state index is 0.606. The van der Waals surface area contributed by atoms with E-state index >= 15 is 0 Å². The highest BCUT2D eigenvalue weighted by Crippen LogP contribution is 2.23. The lowest BCUT2D eigenvalue weighted by atomic mass is 9.94. The molecule has 5 heteroatoms. The fourth-order valence-electron chi connectivity index (χ4n) is 3.04. The molecule has 114 valence electrons. The maximum absolute atomic E-state index is 4.48. The fourth-order valence-corrected chi connectivity index (χ4v) is 3.49. The van der Waals surface area contributed by atoms with Gasteiger partial charge in [-0.15, -0.1) is 0 Å². The van der Waals surface area contributed by atoms with Crippen molar-refractivity contribution in [2.24, 2.45) is 5.92 Å². The van der Waals surface area contributed by atoms with Crippen molar-refractivity contribution in [3.05, 3.63) is 12.2 Å². The average Bonchev–Trinajstić information content (AvgIpc) is 2.86. The summed E-state index contributed by atoms with van der Waals surface area (Å²) < 4.78 is 2.08. The van der Waals surface area contributed by atoms with E-state index in [0.717, 1.165) is 36.8 Å². The molecule has 0 N–H and O–H groups in total. The molecule has 1 aromatic heterocycles. The van der Waals surface area contributed by atoms with Gasteiger partial charge in [-0.2, -0.15) is 5.10 Å². The Morgan fingerprint density at radius 2 is 2.10 bits per heavy atom. The smallest absolute Gasteiger partial charge is 0.141 e. The van der Waals surface area contributed by atoms with Gasteiger partial charge in [-0.1, -0.05) is 49.0 Å². The largest absolute Gasteiger partial charge is 0.292 e. The molecule has 0 amide bonds. The third kappa shape index (κ3) is 4.55. The van der Waals surface area contributed by atoms with Crippen LogP contribution in [0.5, 0.6) is 0 Å². The molecule has 0 aliphatic heterocycles. The molecule has 0 saturated heterocycles. The number of aromatic nitrogens is 3. The first-order chi connectivity index (χ1) is 9.70. The van der Waals surface area contributed by atoms with Gasteiger partial charge >= 0.3 is 0 Å². The van der Waals surface area contributed by atoms with Crippen molar-refractivity contribution in [2.75, 3.05) is 11.9 Å². The predicted octanol–water partition coefficient (Wildman–Crippen LogP) is 3.46. The Kier molecular flexibility index (Phi) is 6.49. The molecule has 0 aromatic carbocycles. The average molecular weight is 343 g/mol. The number of rotatable bonds is 7. The zero-order valence-electron chi connectivity index (χ0n) is 12.8. The van der Waals surface area contributed by atoms with Crippen LogP contribution in [-0.2, 0) is 13.1 Å². The van der Waals surface area contributed by atoms with E-state index in [2.05, 4.69) is 49.4 Å². The standard InChI is InChI=1S/C15H27BrN4/c1-13(2)10-20-15(17-12-18-20)11-19(9-8-16)14-6-4-3-5-7-14/h12-14H,3-11H2,1-2H3. The van der Waals surface area contributed by atoms with Gasteiger partial charge in [0, 0.05) is 24.5 Å². The molecule has 0 bridgehead atoms. The van der Waals surface area contributed by atoms with E-state index in [1.165, 1.54) is 32.1 Å². The SMILES string of the molecule is CC(C)Cn1ncnc1CN(CCBr)C1CCCCC1.